The fourth-order valence-corrected chi connectivity index (χ4v) is 2.57. The Hall–Kier alpha value is 0. The van der Waals surface area contributed by atoms with Crippen molar-refractivity contribution in [1.29, 1.82) is 0 Å². The van der Waals surface area contributed by atoms with E-state index in [2.05, 4.69) is 27.7 Å². The molecule has 1 fully saturated rings. The Bertz CT molecular complexity index is 129. The molecule has 0 radical (unpaired) electrons. The van der Waals surface area contributed by atoms with Gasteiger partial charge >= 0.3 is 0 Å². The molecule has 0 aromatic heterocycles. The lowest BCUT2D eigenvalue weighted by molar-refractivity contribution is 0.446. The summed E-state index contributed by atoms with van der Waals surface area (Å²) in [7, 11) is 0. The summed E-state index contributed by atoms with van der Waals surface area (Å²) in [6, 6.07) is 0. The van der Waals surface area contributed by atoms with Gasteiger partial charge in [0.05, 0.1) is 0 Å². The molecule has 17 heavy (non-hydrogen) atoms. The van der Waals surface area contributed by atoms with Crippen molar-refractivity contribution in [2.45, 2.75) is 98.3 Å². The molecule has 1 rings (SSSR count). The predicted molar refractivity (Wildman–Crippen MR) is 80.5 cm³/mol. The highest BCUT2D eigenvalue weighted by Crippen LogP contribution is 2.24. The molecule has 0 aromatic carbocycles. The van der Waals surface area contributed by atoms with Crippen molar-refractivity contribution in [1.82, 2.24) is 0 Å². The normalized spacial score (nSPS) is 17.5. The summed E-state index contributed by atoms with van der Waals surface area (Å²) in [6.45, 7) is 9.15. The Labute approximate surface area is 111 Å². The second-order valence-corrected chi connectivity index (χ2v) is 6.16. The van der Waals surface area contributed by atoms with Crippen LogP contribution in [0.5, 0.6) is 0 Å². The number of unbranched alkanes of at least 4 members (excludes halogenated alkanes) is 2. The molecule has 0 amide bonds. The van der Waals surface area contributed by atoms with Crippen LogP contribution in [-0.2, 0) is 0 Å². The standard InChI is InChI=1S/C9H18.C8H18/c1-2-9-7-5-3-4-6-8-9;1-4-5-6-7-8(2)3/h9H,2-8H2,1H3;8H,4-7H2,1-3H3. The van der Waals surface area contributed by atoms with E-state index in [9.17, 15) is 0 Å². The molecule has 0 heteroatoms. The molecule has 0 heterocycles. The predicted octanol–water partition coefficient (Wildman–Crippen LogP) is 6.59. The van der Waals surface area contributed by atoms with Gasteiger partial charge in [0.1, 0.15) is 0 Å². The van der Waals surface area contributed by atoms with Crippen molar-refractivity contribution < 1.29 is 0 Å². The van der Waals surface area contributed by atoms with Crippen LogP contribution in [0.25, 0.3) is 0 Å². The molecule has 0 bridgehead atoms. The van der Waals surface area contributed by atoms with Gasteiger partial charge in [-0.25, -0.2) is 0 Å². The molecule has 0 spiro atoms. The lowest BCUT2D eigenvalue weighted by Crippen LogP contribution is -1.94. The maximum Gasteiger partial charge on any atom is -0.0417 e. The van der Waals surface area contributed by atoms with Crippen LogP contribution in [0.2, 0.25) is 0 Å². The highest BCUT2D eigenvalue weighted by Gasteiger charge is 2.08. The minimum absolute atomic E-state index is 0.904. The second kappa shape index (κ2) is 12.5. The van der Waals surface area contributed by atoms with Gasteiger partial charge in [0, 0.05) is 0 Å². The van der Waals surface area contributed by atoms with Crippen LogP contribution in [0.4, 0.5) is 0 Å². The number of hydrogen-bond donors (Lipinski definition) is 0. The average Bonchev–Trinajstić information content (AvgIpc) is 2.58. The highest BCUT2D eigenvalue weighted by atomic mass is 14.1. The molecule has 1 saturated carbocycles. The van der Waals surface area contributed by atoms with Crippen molar-refractivity contribution in [2.24, 2.45) is 11.8 Å². The van der Waals surface area contributed by atoms with Crippen molar-refractivity contribution in [3.05, 3.63) is 0 Å². The van der Waals surface area contributed by atoms with Gasteiger partial charge in [-0.05, 0) is 11.8 Å². The summed E-state index contributed by atoms with van der Waals surface area (Å²) >= 11 is 0. The monoisotopic (exact) mass is 240 g/mol. The van der Waals surface area contributed by atoms with Crippen LogP contribution in [0.15, 0.2) is 0 Å². The molecule has 0 unspecified atom stereocenters. The lowest BCUT2D eigenvalue weighted by atomic mass is 9.98. The Morgan fingerprint density at radius 3 is 1.88 bits per heavy atom. The maximum atomic E-state index is 2.33. The Kier molecular flexibility index (Phi) is 12.5. The van der Waals surface area contributed by atoms with E-state index in [0.717, 1.165) is 11.8 Å². The lowest BCUT2D eigenvalue weighted by Gasteiger charge is -2.08. The molecule has 104 valence electrons. The van der Waals surface area contributed by atoms with Crippen LogP contribution in [0.3, 0.4) is 0 Å². The Morgan fingerprint density at radius 1 is 0.882 bits per heavy atom. The zero-order valence-corrected chi connectivity index (χ0v) is 12.9. The maximum absolute atomic E-state index is 2.33. The third-order valence-electron chi connectivity index (χ3n) is 3.94. The quantitative estimate of drug-likeness (QED) is 0.375. The van der Waals surface area contributed by atoms with Gasteiger partial charge in [0.15, 0.2) is 0 Å². The van der Waals surface area contributed by atoms with Crippen LogP contribution in [-0.4, -0.2) is 0 Å². The van der Waals surface area contributed by atoms with E-state index >= 15 is 0 Å². The fraction of sp³-hybridized carbons (Fsp3) is 1.00. The van der Waals surface area contributed by atoms with Gasteiger partial charge in [-0.15, -0.1) is 0 Å². The zero-order chi connectivity index (χ0) is 12.9. The third-order valence-corrected chi connectivity index (χ3v) is 3.94. The number of rotatable bonds is 5. The van der Waals surface area contributed by atoms with Gasteiger partial charge in [-0.2, -0.15) is 0 Å². The van der Waals surface area contributed by atoms with Crippen LogP contribution in [0.1, 0.15) is 98.3 Å². The largest absolute Gasteiger partial charge is 0.0654 e. The zero-order valence-electron chi connectivity index (χ0n) is 12.9. The van der Waals surface area contributed by atoms with E-state index in [1.54, 1.807) is 0 Å². The minimum Gasteiger partial charge on any atom is -0.0654 e. The van der Waals surface area contributed by atoms with Crippen molar-refractivity contribution in [2.75, 3.05) is 0 Å². The Morgan fingerprint density at radius 2 is 1.47 bits per heavy atom. The molecule has 0 nitrogen and oxygen atoms in total. The summed E-state index contributed by atoms with van der Waals surface area (Å²) in [5.74, 6) is 1.98. The summed E-state index contributed by atoms with van der Waals surface area (Å²) < 4.78 is 0. The van der Waals surface area contributed by atoms with Gasteiger partial charge in [-0.3, -0.25) is 0 Å². The van der Waals surface area contributed by atoms with Crippen LogP contribution < -0.4 is 0 Å². The van der Waals surface area contributed by atoms with Crippen molar-refractivity contribution in [3.63, 3.8) is 0 Å². The van der Waals surface area contributed by atoms with Crippen LogP contribution >= 0.6 is 0 Å². The van der Waals surface area contributed by atoms with Crippen molar-refractivity contribution in [3.8, 4) is 0 Å². The molecule has 0 aliphatic heterocycles. The smallest absolute Gasteiger partial charge is 0.0417 e. The van der Waals surface area contributed by atoms with E-state index in [0.29, 0.717) is 0 Å². The molecular weight excluding hydrogens is 204 g/mol. The van der Waals surface area contributed by atoms with Gasteiger partial charge in [-0.1, -0.05) is 98.3 Å². The number of hydrogen-bond acceptors (Lipinski definition) is 0. The molecule has 0 N–H and O–H groups in total. The van der Waals surface area contributed by atoms with Crippen LogP contribution in [0, 0.1) is 11.8 Å². The van der Waals surface area contributed by atoms with Gasteiger partial charge in [0.2, 0.25) is 0 Å². The molecule has 0 saturated heterocycles. The topological polar surface area (TPSA) is 0 Å². The first-order chi connectivity index (χ1) is 8.20. The first-order valence-electron chi connectivity index (χ1n) is 8.20. The second-order valence-electron chi connectivity index (χ2n) is 6.16. The first kappa shape index (κ1) is 17.0. The summed E-state index contributed by atoms with van der Waals surface area (Å²) in [5, 5.41) is 0. The molecule has 1 aliphatic carbocycles. The van der Waals surface area contributed by atoms with Crippen molar-refractivity contribution >= 4 is 0 Å². The fourth-order valence-electron chi connectivity index (χ4n) is 2.57. The first-order valence-corrected chi connectivity index (χ1v) is 8.20. The van der Waals surface area contributed by atoms with E-state index in [4.69, 9.17) is 0 Å². The minimum atomic E-state index is 0.904. The summed E-state index contributed by atoms with van der Waals surface area (Å²) in [5.41, 5.74) is 0. The Balaban J connectivity index is 0.000000304. The summed E-state index contributed by atoms with van der Waals surface area (Å²) in [4.78, 5) is 0. The van der Waals surface area contributed by atoms with E-state index in [1.807, 2.05) is 0 Å². The van der Waals surface area contributed by atoms with E-state index in [1.165, 1.54) is 70.6 Å². The molecule has 0 atom stereocenters. The third kappa shape index (κ3) is 12.2. The molecule has 1 aliphatic rings. The van der Waals surface area contributed by atoms with E-state index in [-0.39, 0.29) is 0 Å². The average molecular weight is 240 g/mol. The summed E-state index contributed by atoms with van der Waals surface area (Å²) in [6.07, 6.45) is 16.0. The van der Waals surface area contributed by atoms with E-state index < -0.39 is 0 Å². The highest BCUT2D eigenvalue weighted by molar-refractivity contribution is 4.62. The SMILES string of the molecule is CCC1CCCCCC1.CCCCCC(C)C. The molecule has 0 aromatic rings. The van der Waals surface area contributed by atoms with Gasteiger partial charge in [0.25, 0.3) is 0 Å². The van der Waals surface area contributed by atoms with Gasteiger partial charge < -0.3 is 0 Å². The molecular formula is C17H36.